The van der Waals surface area contributed by atoms with Crippen LogP contribution in [0.3, 0.4) is 0 Å². The molecule has 0 spiro atoms. The quantitative estimate of drug-likeness (QED) is 0.815. The number of pyridine rings is 1. The number of aromatic nitrogens is 1. The fraction of sp³-hybridized carbons (Fsp3) is 0.200. The molecular formula is C15H15N3O2. The van der Waals surface area contributed by atoms with E-state index in [-0.39, 0.29) is 12.5 Å². The number of rotatable bonds is 2. The lowest BCUT2D eigenvalue weighted by Crippen LogP contribution is -2.13. The lowest BCUT2D eigenvalue weighted by molar-refractivity contribution is 0.102. The van der Waals surface area contributed by atoms with Crippen molar-refractivity contribution >= 4 is 11.7 Å². The maximum absolute atomic E-state index is 12.1. The first-order valence-electron chi connectivity index (χ1n) is 6.14. The molecule has 0 radical (unpaired) electrons. The molecule has 0 aliphatic rings. The van der Waals surface area contributed by atoms with Gasteiger partial charge in [-0.15, -0.1) is 0 Å². The third kappa shape index (κ3) is 3.25. The second kappa shape index (κ2) is 6.04. The summed E-state index contributed by atoms with van der Waals surface area (Å²) in [6.45, 7) is 3.81. The summed E-state index contributed by atoms with van der Waals surface area (Å²) in [5, 5.41) is 2.72. The van der Waals surface area contributed by atoms with Crippen LogP contribution < -0.4 is 11.1 Å². The molecule has 2 rings (SSSR count). The third-order valence-corrected chi connectivity index (χ3v) is 2.59. The van der Waals surface area contributed by atoms with Crippen LogP contribution in [0.2, 0.25) is 0 Å². The van der Waals surface area contributed by atoms with Gasteiger partial charge in [-0.1, -0.05) is 12.0 Å². The number of nitrogens with zero attached hydrogens (tertiary/aromatic N) is 1. The van der Waals surface area contributed by atoms with Crippen molar-refractivity contribution in [3.63, 3.8) is 0 Å². The van der Waals surface area contributed by atoms with E-state index in [2.05, 4.69) is 22.1 Å². The molecule has 2 aromatic rings. The van der Waals surface area contributed by atoms with E-state index in [1.54, 1.807) is 38.1 Å². The van der Waals surface area contributed by atoms with Crippen LogP contribution in [0.5, 0.6) is 0 Å². The monoisotopic (exact) mass is 269 g/mol. The van der Waals surface area contributed by atoms with Crippen molar-refractivity contribution in [2.75, 3.05) is 11.9 Å². The van der Waals surface area contributed by atoms with Gasteiger partial charge in [0.05, 0.1) is 12.1 Å². The van der Waals surface area contributed by atoms with Crippen LogP contribution in [0.1, 0.15) is 27.6 Å². The van der Waals surface area contributed by atoms with Crippen LogP contribution >= 0.6 is 0 Å². The standard InChI is InChI=1S/C15H15N3O2/c1-10-9-13(11(2)20-10)15(19)18-14-7-3-5-12(17-14)6-4-8-16/h3,5,7,9H,8,16H2,1-2H3,(H,17,18,19). The van der Waals surface area contributed by atoms with Gasteiger partial charge < -0.3 is 15.5 Å². The number of furan rings is 1. The number of aryl methyl sites for hydroxylation is 2. The number of nitrogens with two attached hydrogens (primary N) is 1. The van der Waals surface area contributed by atoms with Crippen LogP contribution in [0.15, 0.2) is 28.7 Å². The highest BCUT2D eigenvalue weighted by Crippen LogP contribution is 2.15. The molecule has 0 aliphatic carbocycles. The van der Waals surface area contributed by atoms with E-state index >= 15 is 0 Å². The number of carbonyl (C=O) groups is 1. The van der Waals surface area contributed by atoms with E-state index in [4.69, 9.17) is 10.2 Å². The molecule has 0 aromatic carbocycles. The van der Waals surface area contributed by atoms with Gasteiger partial charge in [0.25, 0.3) is 5.91 Å². The summed E-state index contributed by atoms with van der Waals surface area (Å²) in [5.74, 6) is 7.00. The number of carbonyl (C=O) groups excluding carboxylic acids is 1. The van der Waals surface area contributed by atoms with Crippen molar-refractivity contribution in [1.29, 1.82) is 0 Å². The van der Waals surface area contributed by atoms with Gasteiger partial charge in [-0.25, -0.2) is 4.98 Å². The highest BCUT2D eigenvalue weighted by atomic mass is 16.3. The predicted molar refractivity (Wildman–Crippen MR) is 76.3 cm³/mol. The lowest BCUT2D eigenvalue weighted by Gasteiger charge is -2.03. The molecule has 0 fully saturated rings. The molecule has 0 aliphatic heterocycles. The minimum absolute atomic E-state index is 0.254. The molecule has 5 heteroatoms. The molecule has 0 unspecified atom stereocenters. The Hall–Kier alpha value is -2.58. The largest absolute Gasteiger partial charge is 0.466 e. The Morgan fingerprint density at radius 2 is 2.25 bits per heavy atom. The Morgan fingerprint density at radius 1 is 1.45 bits per heavy atom. The molecule has 0 bridgehead atoms. The number of hydrogen-bond donors (Lipinski definition) is 2. The second-order valence-corrected chi connectivity index (χ2v) is 4.20. The van der Waals surface area contributed by atoms with Crippen molar-refractivity contribution < 1.29 is 9.21 Å². The molecule has 2 aromatic heterocycles. The van der Waals surface area contributed by atoms with E-state index in [1.807, 2.05) is 0 Å². The molecule has 5 nitrogen and oxygen atoms in total. The van der Waals surface area contributed by atoms with Crippen LogP contribution in [0, 0.1) is 25.7 Å². The van der Waals surface area contributed by atoms with Crippen molar-refractivity contribution in [3.8, 4) is 11.8 Å². The Kier molecular flexibility index (Phi) is 4.18. The lowest BCUT2D eigenvalue weighted by atomic mass is 10.2. The molecule has 0 saturated heterocycles. The molecule has 3 N–H and O–H groups in total. The first-order chi connectivity index (χ1) is 9.60. The molecule has 102 valence electrons. The van der Waals surface area contributed by atoms with Crippen molar-refractivity contribution in [2.24, 2.45) is 5.73 Å². The molecule has 0 atom stereocenters. The summed E-state index contributed by atoms with van der Waals surface area (Å²) in [5.41, 5.74) is 6.37. The van der Waals surface area contributed by atoms with Gasteiger partial charge in [0.15, 0.2) is 0 Å². The topological polar surface area (TPSA) is 81.2 Å². The zero-order chi connectivity index (χ0) is 14.5. The van der Waals surface area contributed by atoms with Crippen molar-refractivity contribution in [3.05, 3.63) is 47.0 Å². The minimum Gasteiger partial charge on any atom is -0.466 e. The van der Waals surface area contributed by atoms with E-state index in [1.165, 1.54) is 0 Å². The maximum atomic E-state index is 12.1. The summed E-state index contributed by atoms with van der Waals surface area (Å²) in [6, 6.07) is 6.93. The van der Waals surface area contributed by atoms with Gasteiger partial charge in [0.2, 0.25) is 0 Å². The first kappa shape index (κ1) is 13.8. The zero-order valence-electron chi connectivity index (χ0n) is 11.4. The smallest absolute Gasteiger partial charge is 0.260 e. The Balaban J connectivity index is 2.17. The van der Waals surface area contributed by atoms with Gasteiger partial charge >= 0.3 is 0 Å². The fourth-order valence-electron chi connectivity index (χ4n) is 1.76. The summed E-state index contributed by atoms with van der Waals surface area (Å²) in [6.07, 6.45) is 0. The SMILES string of the molecule is Cc1cc(C(=O)Nc2cccc(C#CCN)n2)c(C)o1. The number of hydrogen-bond acceptors (Lipinski definition) is 4. The fourth-order valence-corrected chi connectivity index (χ4v) is 1.76. The number of amides is 1. The van der Waals surface area contributed by atoms with Gasteiger partial charge in [-0.3, -0.25) is 4.79 Å². The number of anilines is 1. The van der Waals surface area contributed by atoms with Gasteiger partial charge in [-0.05, 0) is 38.0 Å². The van der Waals surface area contributed by atoms with Gasteiger partial charge in [-0.2, -0.15) is 0 Å². The maximum Gasteiger partial charge on any atom is 0.260 e. The van der Waals surface area contributed by atoms with Crippen LogP contribution in [0.4, 0.5) is 5.82 Å². The highest BCUT2D eigenvalue weighted by Gasteiger charge is 2.13. The third-order valence-electron chi connectivity index (χ3n) is 2.59. The summed E-state index contributed by atoms with van der Waals surface area (Å²) >= 11 is 0. The van der Waals surface area contributed by atoms with Crippen LogP contribution in [-0.2, 0) is 0 Å². The average molecular weight is 269 g/mol. The van der Waals surface area contributed by atoms with E-state index in [0.717, 1.165) is 0 Å². The second-order valence-electron chi connectivity index (χ2n) is 4.20. The molecule has 2 heterocycles. The average Bonchev–Trinajstić information content (AvgIpc) is 2.76. The summed E-state index contributed by atoms with van der Waals surface area (Å²) in [4.78, 5) is 16.3. The van der Waals surface area contributed by atoms with E-state index in [0.29, 0.717) is 28.6 Å². The van der Waals surface area contributed by atoms with Crippen LogP contribution in [-0.4, -0.2) is 17.4 Å². The molecule has 0 saturated carbocycles. The van der Waals surface area contributed by atoms with Gasteiger partial charge in [0.1, 0.15) is 23.0 Å². The normalized spacial score (nSPS) is 9.75. The summed E-state index contributed by atoms with van der Waals surface area (Å²) < 4.78 is 5.33. The van der Waals surface area contributed by atoms with Crippen molar-refractivity contribution in [2.45, 2.75) is 13.8 Å². The number of nitrogens with one attached hydrogen (secondary N) is 1. The zero-order valence-corrected chi connectivity index (χ0v) is 11.4. The Morgan fingerprint density at radius 3 is 2.90 bits per heavy atom. The van der Waals surface area contributed by atoms with Gasteiger partial charge in [0, 0.05) is 0 Å². The predicted octanol–water partition coefficient (Wildman–Crippen LogP) is 1.85. The Bertz CT molecular complexity index is 693. The minimum atomic E-state index is -0.254. The Labute approximate surface area is 117 Å². The highest BCUT2D eigenvalue weighted by molar-refractivity contribution is 6.04. The van der Waals surface area contributed by atoms with Crippen molar-refractivity contribution in [1.82, 2.24) is 4.98 Å². The van der Waals surface area contributed by atoms with E-state index < -0.39 is 0 Å². The molecule has 1 amide bonds. The van der Waals surface area contributed by atoms with E-state index in [9.17, 15) is 4.79 Å². The first-order valence-corrected chi connectivity index (χ1v) is 6.14. The summed E-state index contributed by atoms with van der Waals surface area (Å²) in [7, 11) is 0. The molecule has 20 heavy (non-hydrogen) atoms. The molecular weight excluding hydrogens is 254 g/mol. The van der Waals surface area contributed by atoms with Crippen LogP contribution in [0.25, 0.3) is 0 Å².